The summed E-state index contributed by atoms with van der Waals surface area (Å²) in [6, 6.07) is 1.56. The summed E-state index contributed by atoms with van der Waals surface area (Å²) in [5, 5.41) is 3.13. The molecule has 3 N–H and O–H groups in total. The minimum Gasteiger partial charge on any atom is -0.349 e. The Morgan fingerprint density at radius 2 is 1.74 bits per heavy atom. The van der Waals surface area contributed by atoms with Gasteiger partial charge in [0.05, 0.1) is 5.39 Å². The zero-order valence-corrected chi connectivity index (χ0v) is 17.8. The van der Waals surface area contributed by atoms with Crippen LogP contribution in [0.1, 0.15) is 42.7 Å². The predicted molar refractivity (Wildman–Crippen MR) is 111 cm³/mol. The van der Waals surface area contributed by atoms with Crippen LogP contribution < -0.4 is 22.3 Å². The molecular weight excluding hydrogens is 393 g/mol. The number of carbonyl (C=O) groups excluding carboxylic acids is 1. The highest BCUT2D eigenvalue weighted by Gasteiger charge is 2.22. The number of nitrogens with one attached hydrogen (secondary N) is 1. The molecule has 0 atom stereocenters. The van der Waals surface area contributed by atoms with Crippen LogP contribution in [-0.4, -0.2) is 32.1 Å². The fourth-order valence-electron chi connectivity index (χ4n) is 2.70. The van der Waals surface area contributed by atoms with E-state index in [0.717, 1.165) is 17.4 Å². The normalized spacial score (nSPS) is 10.9. The second-order valence-corrected chi connectivity index (χ2v) is 6.48. The number of pyridine rings is 1. The first-order valence-electron chi connectivity index (χ1n) is 8.29. The van der Waals surface area contributed by atoms with Gasteiger partial charge in [-0.05, 0) is 31.4 Å². The Labute approximate surface area is 170 Å². The van der Waals surface area contributed by atoms with Crippen LogP contribution >= 0.6 is 24.8 Å². The van der Waals surface area contributed by atoms with Crippen molar-refractivity contribution in [2.75, 3.05) is 6.54 Å². The van der Waals surface area contributed by atoms with E-state index in [4.69, 9.17) is 5.73 Å². The van der Waals surface area contributed by atoms with Crippen molar-refractivity contribution in [2.45, 2.75) is 39.2 Å². The summed E-state index contributed by atoms with van der Waals surface area (Å²) in [4.78, 5) is 41.1. The molecule has 2 aromatic heterocycles. The Bertz CT molecular complexity index is 948. The lowest BCUT2D eigenvalue weighted by Gasteiger charge is -2.26. The average molecular weight is 420 g/mol. The van der Waals surface area contributed by atoms with Gasteiger partial charge in [0, 0.05) is 26.2 Å². The summed E-state index contributed by atoms with van der Waals surface area (Å²) >= 11 is 0. The number of amides is 1. The molecule has 0 fully saturated rings. The van der Waals surface area contributed by atoms with Crippen molar-refractivity contribution in [3.63, 3.8) is 0 Å². The Kier molecular flexibility index (Phi) is 8.69. The molecule has 10 heteroatoms. The number of aromatic nitrogens is 3. The summed E-state index contributed by atoms with van der Waals surface area (Å²) in [7, 11) is 2.94. The standard InChI is InChI=1S/C17H25N5O3.2ClH/c1-6-17(18,7-2)9-19-14(23)11-8-10(3)12-13(20-11)21(4)16(25)22(5)15(12)24;;/h8H,6-7,9,18H2,1-5H3,(H,19,23);2*1H. The molecule has 0 bridgehead atoms. The van der Waals surface area contributed by atoms with Crippen LogP contribution in [0.3, 0.4) is 0 Å². The molecule has 0 aliphatic rings. The third kappa shape index (κ3) is 4.69. The van der Waals surface area contributed by atoms with Crippen molar-refractivity contribution < 1.29 is 4.79 Å². The maximum absolute atomic E-state index is 12.5. The second kappa shape index (κ2) is 9.34. The monoisotopic (exact) mass is 419 g/mol. The molecule has 152 valence electrons. The van der Waals surface area contributed by atoms with Crippen LogP contribution in [0.2, 0.25) is 0 Å². The lowest BCUT2D eigenvalue weighted by Crippen LogP contribution is -2.49. The van der Waals surface area contributed by atoms with Crippen LogP contribution in [-0.2, 0) is 14.1 Å². The molecule has 2 aromatic rings. The molecule has 0 unspecified atom stereocenters. The van der Waals surface area contributed by atoms with E-state index in [2.05, 4.69) is 10.3 Å². The van der Waals surface area contributed by atoms with E-state index < -0.39 is 16.8 Å². The fraction of sp³-hybridized carbons (Fsp3) is 0.529. The van der Waals surface area contributed by atoms with Crippen molar-refractivity contribution in [1.82, 2.24) is 19.4 Å². The molecule has 2 heterocycles. The van der Waals surface area contributed by atoms with Gasteiger partial charge in [-0.3, -0.25) is 18.7 Å². The van der Waals surface area contributed by atoms with Crippen molar-refractivity contribution >= 4 is 41.8 Å². The Balaban J connectivity index is 0.00000338. The first kappa shape index (κ1) is 25.1. The van der Waals surface area contributed by atoms with Gasteiger partial charge in [0.1, 0.15) is 11.3 Å². The highest BCUT2D eigenvalue weighted by atomic mass is 35.5. The topological polar surface area (TPSA) is 112 Å². The van der Waals surface area contributed by atoms with E-state index in [1.807, 2.05) is 13.8 Å². The molecule has 0 saturated heterocycles. The largest absolute Gasteiger partial charge is 0.349 e. The second-order valence-electron chi connectivity index (χ2n) is 6.48. The maximum Gasteiger partial charge on any atom is 0.332 e. The fourth-order valence-corrected chi connectivity index (χ4v) is 2.70. The molecule has 0 aliphatic heterocycles. The molecule has 0 saturated carbocycles. The van der Waals surface area contributed by atoms with E-state index in [9.17, 15) is 14.4 Å². The molecule has 1 amide bonds. The number of fused-ring (bicyclic) bond motifs is 1. The summed E-state index contributed by atoms with van der Waals surface area (Å²) in [5.74, 6) is -0.380. The lowest BCUT2D eigenvalue weighted by molar-refractivity contribution is 0.0937. The Hall–Kier alpha value is -1.90. The number of aryl methyl sites for hydroxylation is 2. The summed E-state index contributed by atoms with van der Waals surface area (Å²) in [6.45, 7) is 5.99. The first-order valence-corrected chi connectivity index (χ1v) is 8.29. The highest BCUT2D eigenvalue weighted by Crippen LogP contribution is 2.14. The SMILES string of the molecule is CCC(N)(CC)CNC(=O)c1cc(C)c2c(=O)n(C)c(=O)n(C)c2n1.Cl.Cl. The number of nitrogens with two attached hydrogens (primary N) is 1. The number of hydrogen-bond acceptors (Lipinski definition) is 5. The maximum atomic E-state index is 12.5. The van der Waals surface area contributed by atoms with E-state index in [1.54, 1.807) is 13.0 Å². The smallest absolute Gasteiger partial charge is 0.332 e. The zero-order valence-electron chi connectivity index (χ0n) is 16.2. The van der Waals surface area contributed by atoms with Crippen LogP contribution in [0.15, 0.2) is 15.7 Å². The molecule has 0 radical (unpaired) electrons. The number of halogens is 2. The predicted octanol–water partition coefficient (Wildman–Crippen LogP) is 1.03. The minimum atomic E-state index is -0.486. The van der Waals surface area contributed by atoms with Gasteiger partial charge in [-0.15, -0.1) is 24.8 Å². The van der Waals surface area contributed by atoms with Gasteiger partial charge in [-0.25, -0.2) is 9.78 Å². The Morgan fingerprint density at radius 1 is 1.19 bits per heavy atom. The van der Waals surface area contributed by atoms with Gasteiger partial charge in [0.25, 0.3) is 11.5 Å². The number of carbonyl (C=O) groups is 1. The van der Waals surface area contributed by atoms with Crippen molar-refractivity contribution in [2.24, 2.45) is 19.8 Å². The van der Waals surface area contributed by atoms with Gasteiger partial charge in [-0.1, -0.05) is 13.8 Å². The van der Waals surface area contributed by atoms with Crippen molar-refractivity contribution in [3.05, 3.63) is 38.2 Å². The lowest BCUT2D eigenvalue weighted by atomic mass is 9.94. The van der Waals surface area contributed by atoms with Gasteiger partial charge >= 0.3 is 5.69 Å². The van der Waals surface area contributed by atoms with Crippen LogP contribution in [0.25, 0.3) is 11.0 Å². The number of hydrogen-bond donors (Lipinski definition) is 2. The molecule has 8 nitrogen and oxygen atoms in total. The quantitative estimate of drug-likeness (QED) is 0.751. The van der Waals surface area contributed by atoms with Gasteiger partial charge in [0.15, 0.2) is 0 Å². The summed E-state index contributed by atoms with van der Waals surface area (Å²) in [6.07, 6.45) is 1.47. The number of nitrogens with zero attached hydrogens (tertiary/aromatic N) is 3. The van der Waals surface area contributed by atoms with E-state index in [1.165, 1.54) is 18.7 Å². The van der Waals surface area contributed by atoms with E-state index in [-0.39, 0.29) is 42.1 Å². The molecular formula is C17H27Cl2N5O3. The molecule has 0 spiro atoms. The molecule has 0 aliphatic carbocycles. The van der Waals surface area contributed by atoms with Crippen LogP contribution in [0, 0.1) is 6.92 Å². The third-order valence-corrected chi connectivity index (χ3v) is 4.85. The first-order chi connectivity index (χ1) is 11.6. The summed E-state index contributed by atoms with van der Waals surface area (Å²) < 4.78 is 2.30. The average Bonchev–Trinajstić information content (AvgIpc) is 2.61. The zero-order chi connectivity index (χ0) is 18.9. The van der Waals surface area contributed by atoms with Crippen LogP contribution in [0.5, 0.6) is 0 Å². The Morgan fingerprint density at radius 3 is 2.26 bits per heavy atom. The van der Waals surface area contributed by atoms with Gasteiger partial charge in [-0.2, -0.15) is 0 Å². The number of rotatable bonds is 5. The highest BCUT2D eigenvalue weighted by molar-refractivity contribution is 5.95. The molecule has 0 aromatic carbocycles. The van der Waals surface area contributed by atoms with Crippen molar-refractivity contribution in [1.29, 1.82) is 0 Å². The minimum absolute atomic E-state index is 0. The third-order valence-electron chi connectivity index (χ3n) is 4.85. The molecule has 27 heavy (non-hydrogen) atoms. The molecule has 2 rings (SSSR count). The summed E-state index contributed by atoms with van der Waals surface area (Å²) in [5.41, 5.74) is 5.77. The van der Waals surface area contributed by atoms with E-state index in [0.29, 0.717) is 17.5 Å². The van der Waals surface area contributed by atoms with Crippen molar-refractivity contribution in [3.8, 4) is 0 Å². The van der Waals surface area contributed by atoms with Crippen LogP contribution in [0.4, 0.5) is 0 Å². The van der Waals surface area contributed by atoms with Gasteiger partial charge in [0.2, 0.25) is 0 Å². The van der Waals surface area contributed by atoms with Gasteiger partial charge < -0.3 is 11.1 Å². The van der Waals surface area contributed by atoms with E-state index >= 15 is 0 Å².